The number of aryl methyl sites for hydroxylation is 4. The molecule has 0 fully saturated rings. The smallest absolute Gasteiger partial charge is 0.251 e. The van der Waals surface area contributed by atoms with Crippen molar-refractivity contribution in [2.45, 2.75) is 39.7 Å². The predicted molar refractivity (Wildman–Crippen MR) is 131 cm³/mol. The van der Waals surface area contributed by atoms with Crippen LogP contribution in [-0.4, -0.2) is 33.6 Å². The van der Waals surface area contributed by atoms with E-state index in [2.05, 4.69) is 46.9 Å². The Morgan fingerprint density at radius 2 is 1.85 bits per heavy atom. The minimum atomic E-state index is -0.0746. The van der Waals surface area contributed by atoms with E-state index in [1.165, 1.54) is 5.56 Å². The summed E-state index contributed by atoms with van der Waals surface area (Å²) < 4.78 is 8.31. The van der Waals surface area contributed by atoms with Crippen molar-refractivity contribution in [2.24, 2.45) is 0 Å². The largest absolute Gasteiger partial charge is 0.493 e. The van der Waals surface area contributed by atoms with Gasteiger partial charge in [0, 0.05) is 37.5 Å². The van der Waals surface area contributed by atoms with E-state index in [-0.39, 0.29) is 5.91 Å². The predicted octanol–water partition coefficient (Wildman–Crippen LogP) is 4.88. The summed E-state index contributed by atoms with van der Waals surface area (Å²) in [4.78, 5) is 21.0. The molecule has 2 aromatic carbocycles. The van der Waals surface area contributed by atoms with Crippen LogP contribution in [0.25, 0.3) is 11.0 Å². The zero-order valence-electron chi connectivity index (χ0n) is 19.3. The third kappa shape index (κ3) is 5.77. The molecule has 33 heavy (non-hydrogen) atoms. The van der Waals surface area contributed by atoms with Gasteiger partial charge in [0.15, 0.2) is 0 Å². The van der Waals surface area contributed by atoms with Gasteiger partial charge < -0.3 is 14.6 Å². The Morgan fingerprint density at radius 3 is 2.67 bits per heavy atom. The number of nitrogens with one attached hydrogen (secondary N) is 1. The maximum absolute atomic E-state index is 12.2. The molecular weight excluding hydrogens is 412 g/mol. The molecule has 2 aromatic heterocycles. The topological polar surface area (TPSA) is 69.0 Å². The van der Waals surface area contributed by atoms with Gasteiger partial charge in [-0.05, 0) is 62.6 Å². The zero-order valence-corrected chi connectivity index (χ0v) is 19.3. The highest BCUT2D eigenvalue weighted by Gasteiger charge is 2.11. The van der Waals surface area contributed by atoms with Crippen LogP contribution in [0.1, 0.15) is 40.2 Å². The molecule has 170 valence electrons. The second-order valence-corrected chi connectivity index (χ2v) is 8.23. The SMILES string of the molecule is Cc1ccc(OCCCn2c(CCCNC(=O)c3ccncc3)nc3ccccc32)c(C)c1. The Morgan fingerprint density at radius 1 is 1.03 bits per heavy atom. The monoisotopic (exact) mass is 442 g/mol. The van der Waals surface area contributed by atoms with E-state index in [0.29, 0.717) is 18.7 Å². The maximum atomic E-state index is 12.2. The van der Waals surface area contributed by atoms with Crippen molar-refractivity contribution in [3.63, 3.8) is 0 Å². The lowest BCUT2D eigenvalue weighted by Gasteiger charge is -2.12. The first-order valence-corrected chi connectivity index (χ1v) is 11.4. The van der Waals surface area contributed by atoms with Crippen molar-refractivity contribution in [3.8, 4) is 5.75 Å². The van der Waals surface area contributed by atoms with Gasteiger partial charge in [-0.2, -0.15) is 0 Å². The molecule has 0 atom stereocenters. The molecule has 2 heterocycles. The van der Waals surface area contributed by atoms with E-state index < -0.39 is 0 Å². The first-order valence-electron chi connectivity index (χ1n) is 11.4. The highest BCUT2D eigenvalue weighted by molar-refractivity contribution is 5.93. The van der Waals surface area contributed by atoms with Gasteiger partial charge in [0.25, 0.3) is 5.91 Å². The van der Waals surface area contributed by atoms with Crippen molar-refractivity contribution in [1.82, 2.24) is 19.9 Å². The first kappa shape index (κ1) is 22.5. The molecule has 0 aliphatic heterocycles. The standard InChI is InChI=1S/C27H30N4O2/c1-20-10-11-25(21(2)19-20)33-18-6-17-31-24-8-4-3-7-23(24)30-26(31)9-5-14-29-27(32)22-12-15-28-16-13-22/h3-4,7-8,10-13,15-16,19H,5-6,9,14,17-18H2,1-2H3,(H,29,32). The van der Waals surface area contributed by atoms with Gasteiger partial charge in [-0.25, -0.2) is 4.98 Å². The Kier molecular flexibility index (Phi) is 7.35. The van der Waals surface area contributed by atoms with Gasteiger partial charge in [-0.1, -0.05) is 29.8 Å². The molecule has 0 bridgehead atoms. The number of pyridine rings is 1. The molecular formula is C27H30N4O2. The van der Waals surface area contributed by atoms with Crippen LogP contribution in [0.5, 0.6) is 5.75 Å². The number of imidazole rings is 1. The number of carbonyl (C=O) groups is 1. The molecule has 1 N–H and O–H groups in total. The molecule has 0 aliphatic carbocycles. The molecule has 0 unspecified atom stereocenters. The van der Waals surface area contributed by atoms with Gasteiger partial charge in [0.2, 0.25) is 0 Å². The second-order valence-electron chi connectivity index (χ2n) is 8.23. The molecule has 0 radical (unpaired) electrons. The fraction of sp³-hybridized carbons (Fsp3) is 0.296. The Balaban J connectivity index is 1.33. The third-order valence-corrected chi connectivity index (χ3v) is 5.65. The van der Waals surface area contributed by atoms with Gasteiger partial charge >= 0.3 is 0 Å². The summed E-state index contributed by atoms with van der Waals surface area (Å²) in [5.41, 5.74) is 5.17. The second kappa shape index (κ2) is 10.8. The van der Waals surface area contributed by atoms with Crippen molar-refractivity contribution in [2.75, 3.05) is 13.2 Å². The van der Waals surface area contributed by atoms with Crippen LogP contribution in [0.3, 0.4) is 0 Å². The number of rotatable bonds is 10. The van der Waals surface area contributed by atoms with Crippen LogP contribution in [0, 0.1) is 13.8 Å². The average Bonchev–Trinajstić information content (AvgIpc) is 3.18. The van der Waals surface area contributed by atoms with E-state index in [4.69, 9.17) is 9.72 Å². The Hall–Kier alpha value is -3.67. The summed E-state index contributed by atoms with van der Waals surface area (Å²) in [6, 6.07) is 17.9. The first-order chi connectivity index (χ1) is 16.1. The molecule has 4 aromatic rings. The van der Waals surface area contributed by atoms with Gasteiger partial charge in [-0.3, -0.25) is 9.78 Å². The minimum Gasteiger partial charge on any atom is -0.493 e. The van der Waals surface area contributed by atoms with Crippen LogP contribution in [0.2, 0.25) is 0 Å². The Bertz CT molecular complexity index is 1220. The van der Waals surface area contributed by atoms with Crippen LogP contribution in [-0.2, 0) is 13.0 Å². The fourth-order valence-corrected chi connectivity index (χ4v) is 3.99. The van der Waals surface area contributed by atoms with Crippen molar-refractivity contribution in [3.05, 3.63) is 89.5 Å². The zero-order chi connectivity index (χ0) is 23.0. The van der Waals surface area contributed by atoms with Gasteiger partial charge in [0.1, 0.15) is 11.6 Å². The number of fused-ring (bicyclic) bond motifs is 1. The molecule has 0 saturated heterocycles. The molecule has 6 heteroatoms. The summed E-state index contributed by atoms with van der Waals surface area (Å²) in [6.07, 6.45) is 5.75. The summed E-state index contributed by atoms with van der Waals surface area (Å²) in [5, 5.41) is 2.98. The number of benzene rings is 2. The van der Waals surface area contributed by atoms with Gasteiger partial charge in [0.05, 0.1) is 17.6 Å². The summed E-state index contributed by atoms with van der Waals surface area (Å²) in [7, 11) is 0. The fourth-order valence-electron chi connectivity index (χ4n) is 3.99. The lowest BCUT2D eigenvalue weighted by atomic mass is 10.1. The summed E-state index contributed by atoms with van der Waals surface area (Å²) >= 11 is 0. The number of ether oxygens (including phenoxy) is 1. The minimum absolute atomic E-state index is 0.0746. The lowest BCUT2D eigenvalue weighted by molar-refractivity contribution is 0.0953. The normalized spacial score (nSPS) is 11.0. The number of carbonyl (C=O) groups excluding carboxylic acids is 1. The lowest BCUT2D eigenvalue weighted by Crippen LogP contribution is -2.25. The van der Waals surface area contributed by atoms with E-state index in [1.807, 2.05) is 24.3 Å². The average molecular weight is 443 g/mol. The van der Waals surface area contributed by atoms with Crippen LogP contribution >= 0.6 is 0 Å². The maximum Gasteiger partial charge on any atom is 0.251 e. The van der Waals surface area contributed by atoms with E-state index in [9.17, 15) is 4.79 Å². The van der Waals surface area contributed by atoms with Crippen molar-refractivity contribution < 1.29 is 9.53 Å². The van der Waals surface area contributed by atoms with E-state index in [1.54, 1.807) is 24.5 Å². The molecule has 0 spiro atoms. The highest BCUT2D eigenvalue weighted by atomic mass is 16.5. The molecule has 1 amide bonds. The van der Waals surface area contributed by atoms with Gasteiger partial charge in [-0.15, -0.1) is 0 Å². The molecule has 4 rings (SSSR count). The van der Waals surface area contributed by atoms with Crippen molar-refractivity contribution >= 4 is 16.9 Å². The molecule has 6 nitrogen and oxygen atoms in total. The number of aromatic nitrogens is 3. The number of para-hydroxylation sites is 2. The van der Waals surface area contributed by atoms with Crippen LogP contribution in [0.4, 0.5) is 0 Å². The van der Waals surface area contributed by atoms with E-state index >= 15 is 0 Å². The van der Waals surface area contributed by atoms with Crippen LogP contribution in [0.15, 0.2) is 67.0 Å². The Labute approximate surface area is 194 Å². The number of hydrogen-bond acceptors (Lipinski definition) is 4. The summed E-state index contributed by atoms with van der Waals surface area (Å²) in [5.74, 6) is 1.91. The highest BCUT2D eigenvalue weighted by Crippen LogP contribution is 2.20. The van der Waals surface area contributed by atoms with E-state index in [0.717, 1.165) is 54.0 Å². The number of hydrogen-bond donors (Lipinski definition) is 1. The quantitative estimate of drug-likeness (QED) is 0.356. The third-order valence-electron chi connectivity index (χ3n) is 5.65. The summed E-state index contributed by atoms with van der Waals surface area (Å²) in [6.45, 7) is 6.26. The van der Waals surface area contributed by atoms with Crippen LogP contribution < -0.4 is 10.1 Å². The molecule has 0 aliphatic rings. The number of amides is 1. The van der Waals surface area contributed by atoms with Crippen molar-refractivity contribution in [1.29, 1.82) is 0 Å². The molecule has 0 saturated carbocycles. The number of nitrogens with zero attached hydrogens (tertiary/aromatic N) is 3.